The van der Waals surface area contributed by atoms with E-state index in [1.165, 1.54) is 16.4 Å². The van der Waals surface area contributed by atoms with Crippen molar-refractivity contribution in [1.82, 2.24) is 4.31 Å². The zero-order valence-electron chi connectivity index (χ0n) is 14.6. The summed E-state index contributed by atoms with van der Waals surface area (Å²) in [5.74, 6) is 1.44. The molecule has 0 bridgehead atoms. The summed E-state index contributed by atoms with van der Waals surface area (Å²) in [6, 6.07) is 8.76. The third-order valence-electron chi connectivity index (χ3n) is 4.79. The Labute approximate surface area is 168 Å². The van der Waals surface area contributed by atoms with Crippen LogP contribution in [-0.4, -0.2) is 45.7 Å². The van der Waals surface area contributed by atoms with E-state index in [4.69, 9.17) is 32.7 Å². The van der Waals surface area contributed by atoms with Crippen LogP contribution in [0.1, 0.15) is 5.56 Å². The van der Waals surface area contributed by atoms with E-state index >= 15 is 0 Å². The number of hydrogen-bond donors (Lipinski definition) is 0. The number of aryl methyl sites for hydroxylation is 1. The van der Waals surface area contributed by atoms with Crippen molar-refractivity contribution in [3.63, 3.8) is 0 Å². The Kier molecular flexibility index (Phi) is 4.88. The Morgan fingerprint density at radius 1 is 0.926 bits per heavy atom. The van der Waals surface area contributed by atoms with Crippen molar-refractivity contribution in [2.45, 2.75) is 11.8 Å². The zero-order valence-corrected chi connectivity index (χ0v) is 16.9. The Morgan fingerprint density at radius 3 is 2.37 bits per heavy atom. The van der Waals surface area contributed by atoms with Gasteiger partial charge in [-0.25, -0.2) is 8.42 Å². The largest absolute Gasteiger partial charge is 0.454 e. The summed E-state index contributed by atoms with van der Waals surface area (Å²) in [4.78, 5) is 2.23. The van der Waals surface area contributed by atoms with E-state index in [1.54, 1.807) is 6.92 Å². The molecule has 27 heavy (non-hydrogen) atoms. The molecule has 2 aromatic rings. The predicted molar refractivity (Wildman–Crippen MR) is 105 cm³/mol. The Bertz CT molecular complexity index is 989. The second kappa shape index (κ2) is 7.05. The van der Waals surface area contributed by atoms with Gasteiger partial charge in [0.05, 0.1) is 5.02 Å². The van der Waals surface area contributed by atoms with Crippen molar-refractivity contribution in [2.24, 2.45) is 0 Å². The molecule has 0 amide bonds. The summed E-state index contributed by atoms with van der Waals surface area (Å²) in [5, 5.41) is 0.593. The average Bonchev–Trinajstić information content (AvgIpc) is 3.12. The number of hydrogen-bond acceptors (Lipinski definition) is 5. The highest BCUT2D eigenvalue weighted by Crippen LogP contribution is 2.36. The topological polar surface area (TPSA) is 59.1 Å². The minimum absolute atomic E-state index is 0.0996. The zero-order chi connectivity index (χ0) is 19.2. The summed E-state index contributed by atoms with van der Waals surface area (Å²) in [6.07, 6.45) is 0. The lowest BCUT2D eigenvalue weighted by Gasteiger charge is -2.35. The molecule has 9 heteroatoms. The predicted octanol–water partition coefficient (Wildman–Crippen LogP) is 3.54. The first kappa shape index (κ1) is 18.7. The molecular formula is C18H18Cl2N2O4S. The molecule has 0 spiro atoms. The molecule has 2 heterocycles. The lowest BCUT2D eigenvalue weighted by molar-refractivity contribution is 0.174. The van der Waals surface area contributed by atoms with Crippen molar-refractivity contribution >= 4 is 38.9 Å². The van der Waals surface area contributed by atoms with Gasteiger partial charge >= 0.3 is 0 Å². The Balaban J connectivity index is 1.51. The van der Waals surface area contributed by atoms with E-state index in [2.05, 4.69) is 4.90 Å². The summed E-state index contributed by atoms with van der Waals surface area (Å²) >= 11 is 12.2. The van der Waals surface area contributed by atoms with Crippen LogP contribution in [0.15, 0.2) is 35.2 Å². The molecule has 1 fully saturated rings. The number of benzene rings is 2. The van der Waals surface area contributed by atoms with Gasteiger partial charge in [0.2, 0.25) is 16.8 Å². The smallest absolute Gasteiger partial charge is 0.244 e. The minimum Gasteiger partial charge on any atom is -0.454 e. The van der Waals surface area contributed by atoms with Crippen molar-refractivity contribution in [1.29, 1.82) is 0 Å². The second-order valence-corrected chi connectivity index (χ2v) is 9.18. The molecule has 2 aliphatic rings. The van der Waals surface area contributed by atoms with Crippen molar-refractivity contribution in [3.05, 3.63) is 45.9 Å². The van der Waals surface area contributed by atoms with Crippen LogP contribution in [0.25, 0.3) is 0 Å². The number of piperazine rings is 1. The lowest BCUT2D eigenvalue weighted by Crippen LogP contribution is -2.48. The Morgan fingerprint density at radius 2 is 1.63 bits per heavy atom. The van der Waals surface area contributed by atoms with E-state index in [0.717, 1.165) is 11.4 Å². The van der Waals surface area contributed by atoms with Gasteiger partial charge in [0.1, 0.15) is 4.90 Å². The molecule has 2 aromatic carbocycles. The first-order valence-corrected chi connectivity index (χ1v) is 10.7. The normalized spacial score (nSPS) is 17.4. The van der Waals surface area contributed by atoms with Gasteiger partial charge in [-0.15, -0.1) is 0 Å². The minimum atomic E-state index is -3.68. The number of halogens is 2. The van der Waals surface area contributed by atoms with Crippen LogP contribution >= 0.6 is 23.2 Å². The fourth-order valence-corrected chi connectivity index (χ4v) is 5.47. The van der Waals surface area contributed by atoms with Gasteiger partial charge in [-0.2, -0.15) is 4.31 Å². The van der Waals surface area contributed by atoms with Gasteiger partial charge in [-0.3, -0.25) is 0 Å². The summed E-state index contributed by atoms with van der Waals surface area (Å²) < 4.78 is 38.2. The molecule has 6 nitrogen and oxygen atoms in total. The number of anilines is 1. The summed E-state index contributed by atoms with van der Waals surface area (Å²) in [6.45, 7) is 3.87. The highest BCUT2D eigenvalue weighted by Gasteiger charge is 2.31. The molecule has 0 saturated carbocycles. The SMILES string of the molecule is Cc1cc(S(=O)(=O)N2CCN(c3ccc4c(c3)OCO4)CC2)c(Cl)cc1Cl. The molecule has 144 valence electrons. The van der Waals surface area contributed by atoms with E-state index in [9.17, 15) is 8.42 Å². The van der Waals surface area contributed by atoms with Crippen LogP contribution in [-0.2, 0) is 10.0 Å². The maximum atomic E-state index is 13.0. The fourth-order valence-electron chi connectivity index (χ4n) is 3.24. The van der Waals surface area contributed by atoms with Gasteiger partial charge in [0, 0.05) is 43.0 Å². The first-order valence-electron chi connectivity index (χ1n) is 8.46. The van der Waals surface area contributed by atoms with Crippen molar-refractivity contribution < 1.29 is 17.9 Å². The highest BCUT2D eigenvalue weighted by molar-refractivity contribution is 7.89. The van der Waals surface area contributed by atoms with Crippen LogP contribution < -0.4 is 14.4 Å². The lowest BCUT2D eigenvalue weighted by atomic mass is 10.2. The molecule has 1 saturated heterocycles. The molecule has 0 aliphatic carbocycles. The molecule has 0 atom stereocenters. The quantitative estimate of drug-likeness (QED) is 0.747. The maximum absolute atomic E-state index is 13.0. The fraction of sp³-hybridized carbons (Fsp3) is 0.333. The van der Waals surface area contributed by atoms with Crippen LogP contribution in [0.2, 0.25) is 10.0 Å². The van der Waals surface area contributed by atoms with Crippen molar-refractivity contribution in [3.8, 4) is 11.5 Å². The summed E-state index contributed by atoms with van der Waals surface area (Å²) in [5.41, 5.74) is 1.66. The van der Waals surface area contributed by atoms with E-state index in [0.29, 0.717) is 42.5 Å². The molecule has 0 unspecified atom stereocenters. The number of nitrogens with zero attached hydrogens (tertiary/aromatic N) is 2. The van der Waals surface area contributed by atoms with Gasteiger partial charge in [0.15, 0.2) is 11.5 Å². The van der Waals surface area contributed by atoms with Crippen LogP contribution in [0, 0.1) is 6.92 Å². The molecule has 4 rings (SSSR count). The Hall–Kier alpha value is -1.67. The van der Waals surface area contributed by atoms with Gasteiger partial charge in [-0.1, -0.05) is 23.2 Å². The molecule has 2 aliphatic heterocycles. The molecule has 0 N–H and O–H groups in total. The molecular weight excluding hydrogens is 411 g/mol. The maximum Gasteiger partial charge on any atom is 0.244 e. The summed E-state index contributed by atoms with van der Waals surface area (Å²) in [7, 11) is -3.68. The van der Waals surface area contributed by atoms with Crippen LogP contribution in [0.4, 0.5) is 5.69 Å². The van der Waals surface area contributed by atoms with Gasteiger partial charge in [0.25, 0.3) is 0 Å². The third-order valence-corrected chi connectivity index (χ3v) is 7.56. The molecule has 0 aromatic heterocycles. The second-order valence-electron chi connectivity index (χ2n) is 6.46. The highest BCUT2D eigenvalue weighted by atomic mass is 35.5. The average molecular weight is 429 g/mol. The standard InChI is InChI=1S/C18H18Cl2N2O4S/c1-12-8-18(15(20)10-14(12)19)27(23,24)22-6-4-21(5-7-22)13-2-3-16-17(9-13)26-11-25-16/h2-3,8-10H,4-7,11H2,1H3. The van der Waals surface area contributed by atoms with E-state index < -0.39 is 10.0 Å². The van der Waals surface area contributed by atoms with Crippen LogP contribution in [0.3, 0.4) is 0 Å². The number of sulfonamides is 1. The number of rotatable bonds is 3. The third kappa shape index (κ3) is 3.45. The number of ether oxygens (including phenoxy) is 2. The van der Waals surface area contributed by atoms with Crippen molar-refractivity contribution in [2.75, 3.05) is 37.9 Å². The van der Waals surface area contributed by atoms with E-state index in [1.807, 2.05) is 18.2 Å². The van der Waals surface area contributed by atoms with Gasteiger partial charge < -0.3 is 14.4 Å². The first-order chi connectivity index (χ1) is 12.9. The van der Waals surface area contributed by atoms with Crippen LogP contribution in [0.5, 0.6) is 11.5 Å². The number of fused-ring (bicyclic) bond motifs is 1. The van der Waals surface area contributed by atoms with Gasteiger partial charge in [-0.05, 0) is 36.8 Å². The molecule has 0 radical (unpaired) electrons. The monoisotopic (exact) mass is 428 g/mol. The van der Waals surface area contributed by atoms with E-state index in [-0.39, 0.29) is 16.7 Å².